The van der Waals surface area contributed by atoms with Gasteiger partial charge in [0, 0.05) is 16.1 Å². The Morgan fingerprint density at radius 2 is 2.11 bits per heavy atom. The summed E-state index contributed by atoms with van der Waals surface area (Å²) < 4.78 is 15.5. The van der Waals surface area contributed by atoms with E-state index in [1.807, 2.05) is 6.07 Å². The van der Waals surface area contributed by atoms with E-state index < -0.39 is 5.97 Å². The second-order valence-corrected chi connectivity index (χ2v) is 4.27. The first-order chi connectivity index (χ1) is 8.65. The maximum atomic E-state index is 11.3. The largest absolute Gasteiger partial charge is 0.497 e. The van der Waals surface area contributed by atoms with Crippen molar-refractivity contribution >= 4 is 21.9 Å². The van der Waals surface area contributed by atoms with E-state index in [-0.39, 0.29) is 5.69 Å². The predicted octanol–water partition coefficient (Wildman–Crippen LogP) is 2.90. The van der Waals surface area contributed by atoms with E-state index >= 15 is 0 Å². The topological polar surface area (TPSA) is 61.6 Å². The Morgan fingerprint density at radius 3 is 2.72 bits per heavy atom. The Kier molecular flexibility index (Phi) is 3.66. The summed E-state index contributed by atoms with van der Waals surface area (Å²) in [6.07, 6.45) is 0. The molecule has 0 saturated carbocycles. The fraction of sp³-hybridized carbons (Fsp3) is 0.167. The Morgan fingerprint density at radius 1 is 1.33 bits per heavy atom. The average Bonchev–Trinajstić information content (AvgIpc) is 2.87. The molecule has 0 radical (unpaired) electrons. The van der Waals surface area contributed by atoms with Crippen LogP contribution in [0.3, 0.4) is 0 Å². The van der Waals surface area contributed by atoms with Gasteiger partial charge in [-0.3, -0.25) is 0 Å². The fourth-order valence-corrected chi connectivity index (χ4v) is 1.98. The number of rotatable bonds is 3. The third kappa shape index (κ3) is 2.38. The fourth-order valence-electron chi connectivity index (χ4n) is 1.43. The van der Waals surface area contributed by atoms with Crippen molar-refractivity contribution in [3.63, 3.8) is 0 Å². The number of hydrogen-bond donors (Lipinski definition) is 0. The highest BCUT2D eigenvalue weighted by Crippen LogP contribution is 2.31. The van der Waals surface area contributed by atoms with Gasteiger partial charge < -0.3 is 14.0 Å². The normalized spacial score (nSPS) is 10.2. The molecule has 0 aliphatic carbocycles. The number of ether oxygens (including phenoxy) is 2. The molecule has 0 aliphatic heterocycles. The zero-order valence-electron chi connectivity index (χ0n) is 9.77. The summed E-state index contributed by atoms with van der Waals surface area (Å²) in [7, 11) is 2.88. The van der Waals surface area contributed by atoms with Gasteiger partial charge in [-0.15, -0.1) is 0 Å². The molecular weight excluding hydrogens is 302 g/mol. The summed E-state index contributed by atoms with van der Waals surface area (Å²) in [5, 5.41) is 3.65. The quantitative estimate of drug-likeness (QED) is 0.816. The minimum Gasteiger partial charge on any atom is -0.497 e. The number of benzene rings is 1. The van der Waals surface area contributed by atoms with Crippen LogP contribution in [0.2, 0.25) is 0 Å². The van der Waals surface area contributed by atoms with Gasteiger partial charge in [0.1, 0.15) is 5.75 Å². The number of aromatic nitrogens is 1. The molecule has 1 heterocycles. The number of esters is 1. The second kappa shape index (κ2) is 5.22. The second-order valence-electron chi connectivity index (χ2n) is 3.41. The van der Waals surface area contributed by atoms with Crippen LogP contribution in [0.4, 0.5) is 0 Å². The van der Waals surface area contributed by atoms with Gasteiger partial charge in [-0.2, -0.15) is 0 Å². The van der Waals surface area contributed by atoms with Crippen molar-refractivity contribution in [2.45, 2.75) is 0 Å². The minimum absolute atomic E-state index is 0.134. The van der Waals surface area contributed by atoms with Crippen molar-refractivity contribution in [3.05, 3.63) is 34.4 Å². The van der Waals surface area contributed by atoms with Crippen LogP contribution >= 0.6 is 15.9 Å². The summed E-state index contributed by atoms with van der Waals surface area (Å²) >= 11 is 3.40. The molecule has 0 bridgehead atoms. The van der Waals surface area contributed by atoms with E-state index in [9.17, 15) is 4.79 Å². The van der Waals surface area contributed by atoms with E-state index in [1.165, 1.54) is 13.2 Å². The number of halogens is 1. The zero-order chi connectivity index (χ0) is 13.1. The van der Waals surface area contributed by atoms with Crippen molar-refractivity contribution < 1.29 is 18.8 Å². The van der Waals surface area contributed by atoms with E-state index in [4.69, 9.17) is 9.26 Å². The molecule has 0 N–H and O–H groups in total. The number of carbonyl (C=O) groups excluding carboxylic acids is 1. The maximum Gasteiger partial charge on any atom is 0.360 e. The van der Waals surface area contributed by atoms with Crippen LogP contribution in [-0.2, 0) is 4.74 Å². The van der Waals surface area contributed by atoms with E-state index in [0.29, 0.717) is 5.76 Å². The summed E-state index contributed by atoms with van der Waals surface area (Å²) in [6.45, 7) is 0. The first kappa shape index (κ1) is 12.6. The smallest absolute Gasteiger partial charge is 0.360 e. The number of carbonyl (C=O) groups is 1. The summed E-state index contributed by atoms with van der Waals surface area (Å²) in [4.78, 5) is 11.3. The lowest BCUT2D eigenvalue weighted by Crippen LogP contribution is -2.00. The lowest BCUT2D eigenvalue weighted by Gasteiger charge is -2.03. The van der Waals surface area contributed by atoms with E-state index in [0.717, 1.165) is 15.8 Å². The highest BCUT2D eigenvalue weighted by Gasteiger charge is 2.15. The molecule has 1 aromatic carbocycles. The van der Waals surface area contributed by atoms with Crippen LogP contribution in [0.5, 0.6) is 5.75 Å². The monoisotopic (exact) mass is 311 g/mol. The molecule has 5 nitrogen and oxygen atoms in total. The van der Waals surface area contributed by atoms with Gasteiger partial charge >= 0.3 is 5.97 Å². The van der Waals surface area contributed by atoms with Crippen molar-refractivity contribution in [2.75, 3.05) is 14.2 Å². The molecule has 0 saturated heterocycles. The third-order valence-corrected chi connectivity index (χ3v) is 3.00. The maximum absolute atomic E-state index is 11.3. The van der Waals surface area contributed by atoms with Crippen LogP contribution in [0, 0.1) is 0 Å². The molecule has 0 spiro atoms. The molecule has 94 valence electrons. The lowest BCUT2D eigenvalue weighted by atomic mass is 10.1. The van der Waals surface area contributed by atoms with Gasteiger partial charge in [-0.05, 0) is 34.1 Å². The van der Waals surface area contributed by atoms with Crippen molar-refractivity contribution in [1.82, 2.24) is 5.16 Å². The van der Waals surface area contributed by atoms with Crippen molar-refractivity contribution in [1.29, 1.82) is 0 Å². The van der Waals surface area contributed by atoms with Gasteiger partial charge in [0.15, 0.2) is 11.5 Å². The van der Waals surface area contributed by atoms with Crippen LogP contribution in [-0.4, -0.2) is 25.3 Å². The Hall–Kier alpha value is -1.82. The van der Waals surface area contributed by atoms with Crippen LogP contribution < -0.4 is 4.74 Å². The minimum atomic E-state index is -0.533. The average molecular weight is 312 g/mol. The standard InChI is InChI=1S/C12H10BrNO4/c1-16-7-3-4-8(9(13)5-7)11-6-10(14-18-11)12(15)17-2/h3-6H,1-2H3. The Bertz CT molecular complexity index is 579. The molecule has 0 atom stereocenters. The van der Waals surface area contributed by atoms with Gasteiger partial charge in [0.2, 0.25) is 0 Å². The molecule has 0 aliphatic rings. The van der Waals surface area contributed by atoms with Gasteiger partial charge in [-0.1, -0.05) is 5.16 Å². The van der Waals surface area contributed by atoms with Crippen LogP contribution in [0.1, 0.15) is 10.5 Å². The van der Waals surface area contributed by atoms with Gasteiger partial charge in [-0.25, -0.2) is 4.79 Å². The van der Waals surface area contributed by atoms with E-state index in [2.05, 4.69) is 25.8 Å². The SMILES string of the molecule is COC(=O)c1cc(-c2ccc(OC)cc2Br)on1. The first-order valence-electron chi connectivity index (χ1n) is 5.04. The first-order valence-corrected chi connectivity index (χ1v) is 5.84. The predicted molar refractivity (Wildman–Crippen MR) is 67.5 cm³/mol. The highest BCUT2D eigenvalue weighted by atomic mass is 79.9. The van der Waals surface area contributed by atoms with Crippen molar-refractivity contribution in [2.24, 2.45) is 0 Å². The van der Waals surface area contributed by atoms with Crippen molar-refractivity contribution in [3.8, 4) is 17.1 Å². The zero-order valence-corrected chi connectivity index (χ0v) is 11.4. The number of methoxy groups -OCH3 is 2. The number of hydrogen-bond acceptors (Lipinski definition) is 5. The molecular formula is C12H10BrNO4. The third-order valence-electron chi connectivity index (χ3n) is 2.35. The molecule has 1 aromatic heterocycles. The van der Waals surface area contributed by atoms with Gasteiger partial charge in [0.25, 0.3) is 0 Å². The number of nitrogens with zero attached hydrogens (tertiary/aromatic N) is 1. The molecule has 18 heavy (non-hydrogen) atoms. The van der Waals surface area contributed by atoms with Crippen LogP contribution in [0.15, 0.2) is 33.3 Å². The molecule has 2 rings (SSSR count). The summed E-state index contributed by atoms with van der Waals surface area (Å²) in [5.41, 5.74) is 0.911. The summed E-state index contributed by atoms with van der Waals surface area (Å²) in [5.74, 6) is 0.665. The molecule has 0 fully saturated rings. The molecule has 0 unspecified atom stereocenters. The van der Waals surface area contributed by atoms with Crippen LogP contribution in [0.25, 0.3) is 11.3 Å². The molecule has 6 heteroatoms. The lowest BCUT2D eigenvalue weighted by molar-refractivity contribution is 0.0589. The highest BCUT2D eigenvalue weighted by molar-refractivity contribution is 9.10. The summed E-state index contributed by atoms with van der Waals surface area (Å²) in [6, 6.07) is 6.93. The molecule has 2 aromatic rings. The van der Waals surface area contributed by atoms with E-state index in [1.54, 1.807) is 19.2 Å². The van der Waals surface area contributed by atoms with Gasteiger partial charge in [0.05, 0.1) is 14.2 Å². The molecule has 0 amide bonds. The Balaban J connectivity index is 2.37. The Labute approximate surface area is 112 Å².